The van der Waals surface area contributed by atoms with Crippen molar-refractivity contribution in [3.63, 3.8) is 0 Å². The van der Waals surface area contributed by atoms with Gasteiger partial charge >= 0.3 is 6.09 Å². The molecule has 1 aromatic carbocycles. The molecule has 1 fully saturated rings. The summed E-state index contributed by atoms with van der Waals surface area (Å²) in [4.78, 5) is 25.3. The van der Waals surface area contributed by atoms with E-state index in [1.165, 1.54) is 0 Å². The third kappa shape index (κ3) is 4.62. The summed E-state index contributed by atoms with van der Waals surface area (Å²) in [6.07, 6.45) is 3.58. The molecule has 2 aromatic rings. The molecule has 6 nitrogen and oxygen atoms in total. The molecule has 1 aliphatic heterocycles. The van der Waals surface area contributed by atoms with E-state index in [-0.39, 0.29) is 6.09 Å². The van der Waals surface area contributed by atoms with Crippen LogP contribution in [0.4, 0.5) is 10.6 Å². The lowest BCUT2D eigenvalue weighted by atomic mass is 9.96. The lowest BCUT2D eigenvalue weighted by Gasteiger charge is -2.35. The van der Waals surface area contributed by atoms with Crippen molar-refractivity contribution in [3.8, 4) is 0 Å². The number of aromatic nitrogens is 2. The van der Waals surface area contributed by atoms with Crippen molar-refractivity contribution < 1.29 is 9.53 Å². The number of fused-ring (bicyclic) bond motifs is 1. The summed E-state index contributed by atoms with van der Waals surface area (Å²) in [5, 5.41) is 0. The Hall–Kier alpha value is -2.37. The maximum atomic E-state index is 12.2. The van der Waals surface area contributed by atoms with Crippen molar-refractivity contribution in [2.75, 3.05) is 31.6 Å². The van der Waals surface area contributed by atoms with Crippen LogP contribution < -0.4 is 4.90 Å². The first-order valence-electron chi connectivity index (χ1n) is 9.23. The monoisotopic (exact) mass is 356 g/mol. The van der Waals surface area contributed by atoms with Crippen LogP contribution in [0.15, 0.2) is 30.5 Å². The topological polar surface area (TPSA) is 58.6 Å². The Bertz CT molecular complexity index is 764. The van der Waals surface area contributed by atoms with Gasteiger partial charge in [0.05, 0.1) is 17.2 Å². The molecule has 0 spiro atoms. The number of piperidine rings is 1. The SMILES string of the molecule is CN(CC1CCN(C(=O)OC(C)(C)C)CC1)c1cnc2ccccc2n1. The Kier molecular flexibility index (Phi) is 5.30. The van der Waals surface area contributed by atoms with Crippen LogP contribution in [-0.4, -0.2) is 53.2 Å². The highest BCUT2D eigenvalue weighted by molar-refractivity contribution is 5.75. The van der Waals surface area contributed by atoms with Gasteiger partial charge in [-0.2, -0.15) is 0 Å². The minimum absolute atomic E-state index is 0.204. The fourth-order valence-corrected chi connectivity index (χ4v) is 3.24. The molecule has 0 radical (unpaired) electrons. The van der Waals surface area contributed by atoms with Gasteiger partial charge in [0.25, 0.3) is 0 Å². The Balaban J connectivity index is 1.54. The first-order chi connectivity index (χ1) is 12.3. The number of carbonyl (C=O) groups is 1. The van der Waals surface area contributed by atoms with E-state index in [1.807, 2.05) is 56.1 Å². The van der Waals surface area contributed by atoms with Gasteiger partial charge in [-0.15, -0.1) is 0 Å². The summed E-state index contributed by atoms with van der Waals surface area (Å²) in [5.41, 5.74) is 1.38. The van der Waals surface area contributed by atoms with E-state index in [1.54, 1.807) is 0 Å². The summed E-state index contributed by atoms with van der Waals surface area (Å²) in [6, 6.07) is 7.91. The second kappa shape index (κ2) is 7.48. The highest BCUT2D eigenvalue weighted by Crippen LogP contribution is 2.22. The lowest BCUT2D eigenvalue weighted by molar-refractivity contribution is 0.0186. The number of anilines is 1. The van der Waals surface area contributed by atoms with Crippen LogP contribution in [0.25, 0.3) is 11.0 Å². The highest BCUT2D eigenvalue weighted by Gasteiger charge is 2.27. The molecule has 3 rings (SSSR count). The third-order valence-corrected chi connectivity index (χ3v) is 4.63. The van der Waals surface area contributed by atoms with Gasteiger partial charge in [-0.25, -0.2) is 9.78 Å². The van der Waals surface area contributed by atoms with Crippen molar-refractivity contribution in [1.82, 2.24) is 14.9 Å². The number of likely N-dealkylation sites (tertiary alicyclic amines) is 1. The fourth-order valence-electron chi connectivity index (χ4n) is 3.24. The second-order valence-corrected chi connectivity index (χ2v) is 8.01. The van der Waals surface area contributed by atoms with Crippen LogP contribution >= 0.6 is 0 Å². The van der Waals surface area contributed by atoms with Crippen LogP contribution in [0, 0.1) is 5.92 Å². The molecule has 0 unspecified atom stereocenters. The summed E-state index contributed by atoms with van der Waals surface area (Å²) < 4.78 is 5.46. The van der Waals surface area contributed by atoms with Gasteiger partial charge in [-0.05, 0) is 51.7 Å². The molecule has 140 valence electrons. The zero-order valence-electron chi connectivity index (χ0n) is 16.1. The smallest absolute Gasteiger partial charge is 0.410 e. The molecular weight excluding hydrogens is 328 g/mol. The molecule has 0 atom stereocenters. The number of carbonyl (C=O) groups excluding carboxylic acids is 1. The first-order valence-corrected chi connectivity index (χ1v) is 9.23. The molecule has 1 saturated heterocycles. The number of benzene rings is 1. The van der Waals surface area contributed by atoms with E-state index in [0.717, 1.165) is 49.3 Å². The minimum Gasteiger partial charge on any atom is -0.444 e. The van der Waals surface area contributed by atoms with Crippen LogP contribution in [0.1, 0.15) is 33.6 Å². The summed E-state index contributed by atoms with van der Waals surface area (Å²) in [7, 11) is 2.05. The van der Waals surface area contributed by atoms with E-state index < -0.39 is 5.60 Å². The Labute approximate surface area is 155 Å². The number of para-hydroxylation sites is 2. The first kappa shape index (κ1) is 18.4. The maximum absolute atomic E-state index is 12.2. The fraction of sp³-hybridized carbons (Fsp3) is 0.550. The van der Waals surface area contributed by atoms with Crippen LogP contribution in [0.2, 0.25) is 0 Å². The van der Waals surface area contributed by atoms with Crippen molar-refractivity contribution in [2.45, 2.75) is 39.2 Å². The summed E-state index contributed by atoms with van der Waals surface area (Å²) in [6.45, 7) is 8.11. The summed E-state index contributed by atoms with van der Waals surface area (Å²) in [5.74, 6) is 1.42. The molecule has 0 bridgehead atoms. The van der Waals surface area contributed by atoms with Crippen molar-refractivity contribution in [1.29, 1.82) is 0 Å². The van der Waals surface area contributed by atoms with Gasteiger partial charge in [0, 0.05) is 26.7 Å². The zero-order chi connectivity index (χ0) is 18.7. The molecule has 26 heavy (non-hydrogen) atoms. The van der Waals surface area contributed by atoms with Gasteiger partial charge in [-0.3, -0.25) is 4.98 Å². The Morgan fingerprint density at radius 2 is 1.88 bits per heavy atom. The number of nitrogens with zero attached hydrogens (tertiary/aromatic N) is 4. The van der Waals surface area contributed by atoms with Gasteiger partial charge < -0.3 is 14.5 Å². The largest absolute Gasteiger partial charge is 0.444 e. The molecule has 2 heterocycles. The number of amides is 1. The molecule has 1 amide bonds. The molecule has 1 aromatic heterocycles. The van der Waals surface area contributed by atoms with Gasteiger partial charge in [0.1, 0.15) is 11.4 Å². The molecule has 1 aliphatic rings. The van der Waals surface area contributed by atoms with Crippen LogP contribution in [0.5, 0.6) is 0 Å². The van der Waals surface area contributed by atoms with E-state index in [2.05, 4.69) is 16.9 Å². The minimum atomic E-state index is -0.442. The lowest BCUT2D eigenvalue weighted by Crippen LogP contribution is -2.43. The standard InChI is InChI=1S/C20H28N4O2/c1-20(2,3)26-19(25)24-11-9-15(10-12-24)14-23(4)18-13-21-16-7-5-6-8-17(16)22-18/h5-8,13,15H,9-12,14H2,1-4H3. The van der Waals surface area contributed by atoms with Crippen molar-refractivity contribution >= 4 is 22.9 Å². The van der Waals surface area contributed by atoms with Crippen molar-refractivity contribution in [3.05, 3.63) is 30.5 Å². The van der Waals surface area contributed by atoms with Crippen LogP contribution in [0.3, 0.4) is 0 Å². The molecular formula is C20H28N4O2. The number of rotatable bonds is 3. The molecule has 0 saturated carbocycles. The Morgan fingerprint density at radius 3 is 2.54 bits per heavy atom. The van der Waals surface area contributed by atoms with Crippen LogP contribution in [-0.2, 0) is 4.74 Å². The average molecular weight is 356 g/mol. The average Bonchev–Trinajstić information content (AvgIpc) is 2.60. The predicted octanol–water partition coefficient (Wildman–Crippen LogP) is 3.71. The number of ether oxygens (including phenoxy) is 1. The highest BCUT2D eigenvalue weighted by atomic mass is 16.6. The molecule has 0 aliphatic carbocycles. The van der Waals surface area contributed by atoms with E-state index in [9.17, 15) is 4.79 Å². The maximum Gasteiger partial charge on any atom is 0.410 e. The zero-order valence-corrected chi connectivity index (χ0v) is 16.1. The van der Waals surface area contributed by atoms with Gasteiger partial charge in [-0.1, -0.05) is 12.1 Å². The molecule has 0 N–H and O–H groups in total. The van der Waals surface area contributed by atoms with Gasteiger partial charge in [0.15, 0.2) is 0 Å². The molecule has 6 heteroatoms. The predicted molar refractivity (Wildman–Crippen MR) is 103 cm³/mol. The van der Waals surface area contributed by atoms with E-state index in [4.69, 9.17) is 9.72 Å². The number of hydrogen-bond acceptors (Lipinski definition) is 5. The summed E-state index contributed by atoms with van der Waals surface area (Å²) >= 11 is 0. The quantitative estimate of drug-likeness (QED) is 0.839. The number of hydrogen-bond donors (Lipinski definition) is 0. The third-order valence-electron chi connectivity index (χ3n) is 4.63. The van der Waals surface area contributed by atoms with Gasteiger partial charge in [0.2, 0.25) is 0 Å². The van der Waals surface area contributed by atoms with E-state index in [0.29, 0.717) is 5.92 Å². The van der Waals surface area contributed by atoms with E-state index >= 15 is 0 Å². The second-order valence-electron chi connectivity index (χ2n) is 8.01. The van der Waals surface area contributed by atoms with Crippen molar-refractivity contribution in [2.24, 2.45) is 5.92 Å². The Morgan fingerprint density at radius 1 is 1.23 bits per heavy atom. The normalized spacial score (nSPS) is 15.9.